The summed E-state index contributed by atoms with van der Waals surface area (Å²) in [6, 6.07) is 6.44. The summed E-state index contributed by atoms with van der Waals surface area (Å²) in [5.74, 6) is 1.88. The third-order valence-electron chi connectivity index (χ3n) is 4.56. The van der Waals surface area contributed by atoms with Gasteiger partial charge in [-0.05, 0) is 38.8 Å². The molecule has 28 heavy (non-hydrogen) atoms. The van der Waals surface area contributed by atoms with Crippen molar-refractivity contribution in [2.45, 2.75) is 37.7 Å². The predicted molar refractivity (Wildman–Crippen MR) is 103 cm³/mol. The van der Waals surface area contributed by atoms with Crippen molar-refractivity contribution in [2.75, 3.05) is 27.3 Å². The van der Waals surface area contributed by atoms with E-state index < -0.39 is 10.0 Å². The molecule has 1 atom stereocenters. The van der Waals surface area contributed by atoms with Crippen molar-refractivity contribution in [3.63, 3.8) is 0 Å². The average Bonchev–Trinajstić information content (AvgIpc) is 2.66. The van der Waals surface area contributed by atoms with Gasteiger partial charge in [-0.2, -0.15) is 9.29 Å². The molecule has 1 fully saturated rings. The first kappa shape index (κ1) is 20.3. The number of hydrogen-bond donors (Lipinski definition) is 0. The number of hydrogen-bond acceptors (Lipinski definition) is 7. The smallest absolute Gasteiger partial charge is 0.246 e. The Labute approximate surface area is 165 Å². The number of methoxy groups -OCH3 is 2. The fraction of sp³-hybridized carbons (Fsp3) is 0.474. The van der Waals surface area contributed by atoms with Crippen molar-refractivity contribution in [3.8, 4) is 17.4 Å². The Balaban J connectivity index is 1.81. The van der Waals surface area contributed by atoms with Crippen LogP contribution in [0.4, 0.5) is 0 Å². The molecule has 1 unspecified atom stereocenters. The molecule has 2 heterocycles. The van der Waals surface area contributed by atoms with Crippen molar-refractivity contribution in [2.24, 2.45) is 0 Å². The maximum absolute atomic E-state index is 13.2. The van der Waals surface area contributed by atoms with Crippen LogP contribution in [-0.2, 0) is 10.0 Å². The minimum Gasteiger partial charge on any atom is -0.497 e. The van der Waals surface area contributed by atoms with E-state index >= 15 is 0 Å². The van der Waals surface area contributed by atoms with Crippen molar-refractivity contribution in [1.82, 2.24) is 14.3 Å². The van der Waals surface area contributed by atoms with Crippen LogP contribution in [0.25, 0.3) is 0 Å². The quantitative estimate of drug-likeness (QED) is 0.726. The van der Waals surface area contributed by atoms with Crippen LogP contribution >= 0.6 is 0 Å². The summed E-state index contributed by atoms with van der Waals surface area (Å²) in [4.78, 5) is 8.63. The highest BCUT2D eigenvalue weighted by atomic mass is 32.2. The van der Waals surface area contributed by atoms with Gasteiger partial charge in [-0.25, -0.2) is 13.4 Å². The molecular formula is C19H25N3O5S. The van der Waals surface area contributed by atoms with E-state index in [0.29, 0.717) is 30.4 Å². The summed E-state index contributed by atoms with van der Waals surface area (Å²) in [5.41, 5.74) is 0.811. The van der Waals surface area contributed by atoms with Gasteiger partial charge in [-0.3, -0.25) is 0 Å². The number of ether oxygens (including phenoxy) is 3. The number of aromatic nitrogens is 2. The largest absolute Gasteiger partial charge is 0.497 e. The Morgan fingerprint density at radius 1 is 1.11 bits per heavy atom. The monoisotopic (exact) mass is 407 g/mol. The zero-order valence-corrected chi connectivity index (χ0v) is 17.3. The van der Waals surface area contributed by atoms with Crippen LogP contribution in [0.3, 0.4) is 0 Å². The molecule has 0 bridgehead atoms. The second-order valence-corrected chi connectivity index (χ2v) is 8.56. The molecule has 8 nitrogen and oxygen atoms in total. The topological polar surface area (TPSA) is 90.9 Å². The maximum atomic E-state index is 13.2. The summed E-state index contributed by atoms with van der Waals surface area (Å²) in [5, 5.41) is 0. The Morgan fingerprint density at radius 2 is 1.89 bits per heavy atom. The number of piperidine rings is 1. The standard InChI is InChI=1S/C19H25N3O5S/c1-13-10-19(21-14(2)20-13)27-16-6-5-9-22(12-16)28(23,24)18-8-7-15(25-3)11-17(18)26-4/h7-8,10-11,16H,5-6,9,12H2,1-4H3. The molecule has 1 aromatic carbocycles. The highest BCUT2D eigenvalue weighted by molar-refractivity contribution is 7.89. The van der Waals surface area contributed by atoms with Gasteiger partial charge in [0.25, 0.3) is 0 Å². The average molecular weight is 407 g/mol. The lowest BCUT2D eigenvalue weighted by molar-refractivity contribution is 0.124. The molecule has 0 aliphatic carbocycles. The molecule has 1 aliphatic rings. The third kappa shape index (κ3) is 4.36. The molecule has 9 heteroatoms. The number of benzene rings is 1. The number of sulfonamides is 1. The summed E-state index contributed by atoms with van der Waals surface area (Å²) < 4.78 is 44.2. The first-order valence-electron chi connectivity index (χ1n) is 9.04. The molecule has 1 aliphatic heterocycles. The van der Waals surface area contributed by atoms with Crippen molar-refractivity contribution >= 4 is 10.0 Å². The highest BCUT2D eigenvalue weighted by Crippen LogP contribution is 2.32. The molecule has 0 spiro atoms. The minimum absolute atomic E-state index is 0.116. The first-order chi connectivity index (χ1) is 13.3. The Bertz CT molecular complexity index is 928. The first-order valence-corrected chi connectivity index (χ1v) is 10.5. The van der Waals surface area contributed by atoms with Gasteiger partial charge in [0.05, 0.1) is 20.8 Å². The van der Waals surface area contributed by atoms with Crippen molar-refractivity contribution in [1.29, 1.82) is 0 Å². The molecule has 152 valence electrons. The molecule has 0 amide bonds. The predicted octanol–water partition coefficient (Wildman–Crippen LogP) is 2.34. The molecule has 0 radical (unpaired) electrons. The van der Waals surface area contributed by atoms with Gasteiger partial charge in [-0.15, -0.1) is 0 Å². The van der Waals surface area contributed by atoms with Crippen LogP contribution in [0.2, 0.25) is 0 Å². The van der Waals surface area contributed by atoms with Gasteiger partial charge in [0, 0.05) is 24.4 Å². The molecule has 3 rings (SSSR count). The SMILES string of the molecule is COc1ccc(S(=O)(=O)N2CCCC(Oc3cc(C)nc(C)n3)C2)c(OC)c1. The van der Waals surface area contributed by atoms with Crippen LogP contribution < -0.4 is 14.2 Å². The molecule has 2 aromatic rings. The summed E-state index contributed by atoms with van der Waals surface area (Å²) in [6.07, 6.45) is 1.18. The van der Waals surface area contributed by atoms with Crippen molar-refractivity contribution in [3.05, 3.63) is 35.8 Å². The van der Waals surface area contributed by atoms with Crippen LogP contribution in [0, 0.1) is 13.8 Å². The fourth-order valence-electron chi connectivity index (χ4n) is 3.26. The van der Waals surface area contributed by atoms with Gasteiger partial charge in [0.2, 0.25) is 15.9 Å². The Kier molecular flexibility index (Phi) is 6.04. The molecule has 1 aromatic heterocycles. The lowest BCUT2D eigenvalue weighted by Gasteiger charge is -2.32. The second kappa shape index (κ2) is 8.32. The molecule has 0 saturated carbocycles. The highest BCUT2D eigenvalue weighted by Gasteiger charge is 2.33. The van der Waals surface area contributed by atoms with E-state index in [1.165, 1.54) is 24.6 Å². The summed E-state index contributed by atoms with van der Waals surface area (Å²) >= 11 is 0. The van der Waals surface area contributed by atoms with E-state index in [4.69, 9.17) is 14.2 Å². The summed E-state index contributed by atoms with van der Waals surface area (Å²) in [7, 11) is -0.771. The number of nitrogens with zero attached hydrogens (tertiary/aromatic N) is 3. The van der Waals surface area contributed by atoms with Gasteiger partial charge in [0.15, 0.2) is 0 Å². The van der Waals surface area contributed by atoms with Crippen LogP contribution in [-0.4, -0.2) is 56.1 Å². The zero-order valence-electron chi connectivity index (χ0n) is 16.5. The number of aryl methyl sites for hydroxylation is 2. The van der Waals surface area contributed by atoms with E-state index in [9.17, 15) is 8.42 Å². The van der Waals surface area contributed by atoms with Crippen LogP contribution in [0.1, 0.15) is 24.4 Å². The van der Waals surface area contributed by atoms with Crippen LogP contribution in [0.15, 0.2) is 29.2 Å². The van der Waals surface area contributed by atoms with E-state index in [1.807, 2.05) is 6.92 Å². The third-order valence-corrected chi connectivity index (χ3v) is 6.46. The lowest BCUT2D eigenvalue weighted by Crippen LogP contribution is -2.44. The Morgan fingerprint density at radius 3 is 2.57 bits per heavy atom. The fourth-order valence-corrected chi connectivity index (χ4v) is 4.91. The van der Waals surface area contributed by atoms with E-state index in [2.05, 4.69) is 9.97 Å². The van der Waals surface area contributed by atoms with Crippen molar-refractivity contribution < 1.29 is 22.6 Å². The normalized spacial score (nSPS) is 17.9. The van der Waals surface area contributed by atoms with Gasteiger partial charge < -0.3 is 14.2 Å². The zero-order chi connectivity index (χ0) is 20.3. The molecule has 1 saturated heterocycles. The van der Waals surface area contributed by atoms with Gasteiger partial charge in [0.1, 0.15) is 28.3 Å². The number of rotatable bonds is 6. The van der Waals surface area contributed by atoms with Gasteiger partial charge in [-0.1, -0.05) is 0 Å². The molecule has 0 N–H and O–H groups in total. The van der Waals surface area contributed by atoms with E-state index in [1.54, 1.807) is 25.1 Å². The van der Waals surface area contributed by atoms with Crippen LogP contribution in [0.5, 0.6) is 17.4 Å². The van der Waals surface area contributed by atoms with Gasteiger partial charge >= 0.3 is 0 Å². The lowest BCUT2D eigenvalue weighted by atomic mass is 10.1. The second-order valence-electron chi connectivity index (χ2n) is 6.66. The Hall–Kier alpha value is -2.39. The minimum atomic E-state index is -3.73. The molecular weight excluding hydrogens is 382 g/mol. The maximum Gasteiger partial charge on any atom is 0.246 e. The summed E-state index contributed by atoms with van der Waals surface area (Å²) in [6.45, 7) is 4.35. The van der Waals surface area contributed by atoms with E-state index in [-0.39, 0.29) is 23.3 Å². The van der Waals surface area contributed by atoms with E-state index in [0.717, 1.165) is 12.1 Å².